The number of hydrogen-bond donors (Lipinski definition) is 3. The summed E-state index contributed by atoms with van der Waals surface area (Å²) < 4.78 is 26.4. The third-order valence-corrected chi connectivity index (χ3v) is 3.72. The molecule has 17 heavy (non-hydrogen) atoms. The number of nitrogens with one attached hydrogen (secondary N) is 2. The van der Waals surface area contributed by atoms with Crippen molar-refractivity contribution in [2.45, 2.75) is 31.2 Å². The summed E-state index contributed by atoms with van der Waals surface area (Å²) >= 11 is 5.81. The molecule has 0 radical (unpaired) electrons. The van der Waals surface area contributed by atoms with Gasteiger partial charge in [-0.25, -0.2) is 24.0 Å². The van der Waals surface area contributed by atoms with E-state index in [1.54, 1.807) is 20.8 Å². The predicted molar refractivity (Wildman–Crippen MR) is 67.1 cm³/mol. The van der Waals surface area contributed by atoms with Crippen molar-refractivity contribution >= 4 is 27.4 Å². The van der Waals surface area contributed by atoms with Gasteiger partial charge in [0.25, 0.3) is 0 Å². The molecule has 0 aromatic carbocycles. The highest BCUT2D eigenvalue weighted by Gasteiger charge is 2.23. The Morgan fingerprint density at radius 3 is 2.41 bits per heavy atom. The Labute approximate surface area is 106 Å². The predicted octanol–water partition coefficient (Wildman–Crippen LogP) is 1.10. The van der Waals surface area contributed by atoms with E-state index in [9.17, 15) is 8.42 Å². The number of pyridine rings is 1. The molecule has 4 N–H and O–H groups in total. The average molecular weight is 279 g/mol. The summed E-state index contributed by atoms with van der Waals surface area (Å²) in [6.07, 6.45) is 1.19. The van der Waals surface area contributed by atoms with Gasteiger partial charge in [-0.05, 0) is 26.8 Å². The summed E-state index contributed by atoms with van der Waals surface area (Å²) in [6, 6.07) is 1.29. The summed E-state index contributed by atoms with van der Waals surface area (Å²) in [5, 5.41) is 0.143. The Balaban J connectivity index is 3.13. The molecule has 0 aliphatic heterocycles. The van der Waals surface area contributed by atoms with Crippen LogP contribution in [0.15, 0.2) is 17.2 Å². The topological polar surface area (TPSA) is 97.1 Å². The van der Waals surface area contributed by atoms with Crippen molar-refractivity contribution in [3.05, 3.63) is 17.3 Å². The van der Waals surface area contributed by atoms with Crippen LogP contribution in [0.4, 0.5) is 5.82 Å². The third kappa shape index (κ3) is 3.81. The van der Waals surface area contributed by atoms with E-state index in [1.807, 2.05) is 0 Å². The van der Waals surface area contributed by atoms with Crippen molar-refractivity contribution in [3.63, 3.8) is 0 Å². The molecular weight excluding hydrogens is 264 g/mol. The standard InChI is InChI=1S/C9H15ClN4O2S/c1-9(2,3)14-17(15,16)6-4-7(10)8(13-11)12-5-6/h4-5,14H,11H2,1-3H3,(H,12,13). The third-order valence-electron chi connectivity index (χ3n) is 1.70. The van der Waals surface area contributed by atoms with Gasteiger partial charge in [-0.15, -0.1) is 0 Å². The number of aromatic nitrogens is 1. The van der Waals surface area contributed by atoms with E-state index < -0.39 is 15.6 Å². The molecule has 0 aliphatic rings. The van der Waals surface area contributed by atoms with Gasteiger partial charge in [-0.3, -0.25) is 0 Å². The zero-order valence-corrected chi connectivity index (χ0v) is 11.4. The minimum Gasteiger partial charge on any atom is -0.307 e. The molecule has 1 aromatic heterocycles. The van der Waals surface area contributed by atoms with Crippen LogP contribution in [0.3, 0.4) is 0 Å². The highest BCUT2D eigenvalue weighted by Crippen LogP contribution is 2.22. The fourth-order valence-electron chi connectivity index (χ4n) is 1.14. The second kappa shape index (κ2) is 4.77. The van der Waals surface area contributed by atoms with Crippen LogP contribution in [0.25, 0.3) is 0 Å². The average Bonchev–Trinajstić information content (AvgIpc) is 2.13. The number of nitrogens with two attached hydrogens (primary N) is 1. The van der Waals surface area contributed by atoms with Crippen molar-refractivity contribution in [2.75, 3.05) is 5.43 Å². The maximum Gasteiger partial charge on any atom is 0.242 e. The fraction of sp³-hybridized carbons (Fsp3) is 0.444. The molecule has 0 spiro atoms. The maximum absolute atomic E-state index is 11.9. The molecular formula is C9H15ClN4O2S. The molecule has 0 atom stereocenters. The van der Waals surface area contributed by atoms with Gasteiger partial charge in [0.1, 0.15) is 4.90 Å². The lowest BCUT2D eigenvalue weighted by atomic mass is 10.1. The molecule has 0 bridgehead atoms. The normalized spacial score (nSPS) is 12.5. The zero-order chi connectivity index (χ0) is 13.3. The molecule has 0 saturated carbocycles. The molecule has 96 valence electrons. The number of halogens is 1. The quantitative estimate of drug-likeness (QED) is 0.568. The van der Waals surface area contributed by atoms with Gasteiger partial charge in [-0.2, -0.15) is 0 Å². The lowest BCUT2D eigenvalue weighted by Crippen LogP contribution is -2.40. The summed E-state index contributed by atoms with van der Waals surface area (Å²) in [6.45, 7) is 5.24. The Bertz CT molecular complexity index is 510. The Hall–Kier alpha value is -0.890. The van der Waals surface area contributed by atoms with Crippen molar-refractivity contribution in [2.24, 2.45) is 5.84 Å². The summed E-state index contributed by atoms with van der Waals surface area (Å²) in [7, 11) is -3.63. The van der Waals surface area contributed by atoms with Gasteiger partial charge in [-0.1, -0.05) is 11.6 Å². The van der Waals surface area contributed by atoms with Crippen LogP contribution >= 0.6 is 11.6 Å². The number of sulfonamides is 1. The van der Waals surface area contributed by atoms with E-state index in [2.05, 4.69) is 15.1 Å². The SMILES string of the molecule is CC(C)(C)NS(=O)(=O)c1cnc(NN)c(Cl)c1. The molecule has 0 aliphatic carbocycles. The molecule has 8 heteroatoms. The Kier molecular flexibility index (Phi) is 3.98. The van der Waals surface area contributed by atoms with Crippen LogP contribution in [0.5, 0.6) is 0 Å². The molecule has 1 rings (SSSR count). The van der Waals surface area contributed by atoms with E-state index >= 15 is 0 Å². The first-order valence-corrected chi connectivity index (χ1v) is 6.68. The first-order chi connectivity index (χ1) is 7.65. The highest BCUT2D eigenvalue weighted by molar-refractivity contribution is 7.89. The number of anilines is 1. The monoisotopic (exact) mass is 278 g/mol. The van der Waals surface area contributed by atoms with Gasteiger partial charge in [0.15, 0.2) is 5.82 Å². The first kappa shape index (κ1) is 14.2. The van der Waals surface area contributed by atoms with Crippen LogP contribution in [0, 0.1) is 0 Å². The van der Waals surface area contributed by atoms with Crippen molar-refractivity contribution in [3.8, 4) is 0 Å². The lowest BCUT2D eigenvalue weighted by Gasteiger charge is -2.20. The number of rotatable bonds is 3. The molecule has 0 fully saturated rings. The number of hydrogen-bond acceptors (Lipinski definition) is 5. The summed E-state index contributed by atoms with van der Waals surface area (Å²) in [5.41, 5.74) is 1.69. The van der Waals surface area contributed by atoms with Crippen LogP contribution in [-0.2, 0) is 10.0 Å². The van der Waals surface area contributed by atoms with E-state index in [-0.39, 0.29) is 15.7 Å². The molecule has 1 heterocycles. The summed E-state index contributed by atoms with van der Waals surface area (Å²) in [5.74, 6) is 5.37. The van der Waals surface area contributed by atoms with Gasteiger partial charge in [0.05, 0.1) is 5.02 Å². The van der Waals surface area contributed by atoms with Crippen LogP contribution in [0.1, 0.15) is 20.8 Å². The van der Waals surface area contributed by atoms with E-state index in [1.165, 1.54) is 12.3 Å². The van der Waals surface area contributed by atoms with Crippen molar-refractivity contribution in [1.29, 1.82) is 0 Å². The largest absolute Gasteiger partial charge is 0.307 e. The molecule has 1 aromatic rings. The van der Waals surface area contributed by atoms with Gasteiger partial charge < -0.3 is 5.43 Å². The van der Waals surface area contributed by atoms with Crippen LogP contribution in [0.2, 0.25) is 5.02 Å². The Morgan fingerprint density at radius 2 is 2.00 bits per heavy atom. The zero-order valence-electron chi connectivity index (χ0n) is 9.78. The summed E-state index contributed by atoms with van der Waals surface area (Å²) in [4.78, 5) is 3.80. The van der Waals surface area contributed by atoms with Crippen LogP contribution in [-0.4, -0.2) is 18.9 Å². The highest BCUT2D eigenvalue weighted by atomic mass is 35.5. The maximum atomic E-state index is 11.9. The second-order valence-corrected chi connectivity index (χ2v) is 6.59. The van der Waals surface area contributed by atoms with Gasteiger partial charge in [0.2, 0.25) is 10.0 Å². The van der Waals surface area contributed by atoms with E-state index in [0.29, 0.717) is 0 Å². The smallest absolute Gasteiger partial charge is 0.242 e. The minimum atomic E-state index is -3.63. The van der Waals surface area contributed by atoms with Gasteiger partial charge in [0, 0.05) is 11.7 Å². The van der Waals surface area contributed by atoms with Gasteiger partial charge >= 0.3 is 0 Å². The van der Waals surface area contributed by atoms with Crippen molar-refractivity contribution < 1.29 is 8.42 Å². The number of nitrogens with zero attached hydrogens (tertiary/aromatic N) is 1. The molecule has 0 saturated heterocycles. The van der Waals surface area contributed by atoms with E-state index in [4.69, 9.17) is 17.4 Å². The number of hydrazine groups is 1. The molecule has 0 amide bonds. The Morgan fingerprint density at radius 1 is 1.41 bits per heavy atom. The van der Waals surface area contributed by atoms with Crippen LogP contribution < -0.4 is 16.0 Å². The first-order valence-electron chi connectivity index (χ1n) is 4.82. The van der Waals surface area contributed by atoms with E-state index in [0.717, 1.165) is 0 Å². The number of nitrogen functional groups attached to an aromatic ring is 1. The fourth-order valence-corrected chi connectivity index (χ4v) is 2.81. The lowest BCUT2D eigenvalue weighted by molar-refractivity contribution is 0.491. The second-order valence-electron chi connectivity index (χ2n) is 4.50. The molecule has 6 nitrogen and oxygen atoms in total. The minimum absolute atomic E-state index is 0.00331. The van der Waals surface area contributed by atoms with Crippen molar-refractivity contribution in [1.82, 2.24) is 9.71 Å². The molecule has 0 unspecified atom stereocenters.